The number of hydrogen-bond acceptors (Lipinski definition) is 4. The summed E-state index contributed by atoms with van der Waals surface area (Å²) in [6, 6.07) is 7.52. The molecule has 3 rings (SSSR count). The highest BCUT2D eigenvalue weighted by Gasteiger charge is 2.36. The highest BCUT2D eigenvalue weighted by atomic mass is 79.9. The number of nitrogens with one attached hydrogen (secondary N) is 1. The van der Waals surface area contributed by atoms with Crippen LogP contribution in [-0.2, 0) is 4.79 Å². The monoisotopic (exact) mass is 376 g/mol. The zero-order chi connectivity index (χ0) is 15.9. The maximum Gasteiger partial charge on any atom is 0.283 e. The SMILES string of the molecule is CC(C)C1=NN2C(=N)/C(=C/c3ccc(Br)cc3)C(=O)N=C2S1. The van der Waals surface area contributed by atoms with Crippen LogP contribution >= 0.6 is 27.7 Å². The number of amidine groups is 2. The second-order valence-electron chi connectivity index (χ2n) is 5.16. The van der Waals surface area contributed by atoms with Crippen molar-refractivity contribution in [2.45, 2.75) is 13.8 Å². The minimum absolute atomic E-state index is 0.0704. The maximum atomic E-state index is 12.2. The van der Waals surface area contributed by atoms with Gasteiger partial charge in [-0.1, -0.05) is 41.9 Å². The van der Waals surface area contributed by atoms with Gasteiger partial charge in [0.05, 0.1) is 5.57 Å². The van der Waals surface area contributed by atoms with E-state index >= 15 is 0 Å². The number of benzene rings is 1. The van der Waals surface area contributed by atoms with E-state index in [4.69, 9.17) is 5.41 Å². The minimum atomic E-state index is -0.396. The van der Waals surface area contributed by atoms with Crippen LogP contribution in [0.15, 0.2) is 44.4 Å². The summed E-state index contributed by atoms with van der Waals surface area (Å²) in [6.45, 7) is 4.05. The van der Waals surface area contributed by atoms with Gasteiger partial charge in [-0.2, -0.15) is 15.1 Å². The van der Waals surface area contributed by atoms with E-state index in [-0.39, 0.29) is 17.3 Å². The lowest BCUT2D eigenvalue weighted by molar-refractivity contribution is -0.114. The number of aliphatic imine (C=N–C) groups is 1. The summed E-state index contributed by atoms with van der Waals surface area (Å²) in [5.74, 6) is -0.0898. The van der Waals surface area contributed by atoms with Crippen molar-refractivity contribution in [3.8, 4) is 0 Å². The van der Waals surface area contributed by atoms with Crippen molar-refractivity contribution >= 4 is 55.7 Å². The zero-order valence-corrected chi connectivity index (χ0v) is 14.4. The Bertz CT molecular complexity index is 749. The van der Waals surface area contributed by atoms with E-state index in [0.717, 1.165) is 15.1 Å². The number of fused-ring (bicyclic) bond motifs is 1. The molecule has 0 saturated carbocycles. The number of rotatable bonds is 2. The number of thioether (sulfide) groups is 1. The van der Waals surface area contributed by atoms with Crippen LogP contribution in [0.1, 0.15) is 19.4 Å². The second kappa shape index (κ2) is 5.81. The maximum absolute atomic E-state index is 12.2. The van der Waals surface area contributed by atoms with Gasteiger partial charge in [-0.05, 0) is 35.5 Å². The first-order valence-electron chi connectivity index (χ1n) is 6.71. The second-order valence-corrected chi connectivity index (χ2v) is 7.07. The molecule has 5 nitrogen and oxygen atoms in total. The van der Waals surface area contributed by atoms with Crippen LogP contribution in [0.4, 0.5) is 0 Å². The topological polar surface area (TPSA) is 68.9 Å². The normalized spacial score (nSPS) is 19.6. The van der Waals surface area contributed by atoms with E-state index in [1.807, 2.05) is 38.1 Å². The molecular formula is C15H13BrN4OS. The summed E-state index contributed by atoms with van der Waals surface area (Å²) in [5, 5.41) is 15.4. The molecule has 1 aromatic rings. The molecule has 1 amide bonds. The van der Waals surface area contributed by atoms with Crippen molar-refractivity contribution in [1.29, 1.82) is 5.41 Å². The molecule has 0 aromatic heterocycles. The Kier molecular flexibility index (Phi) is 4.01. The minimum Gasteiger partial charge on any atom is -0.282 e. The van der Waals surface area contributed by atoms with Crippen LogP contribution in [-0.4, -0.2) is 27.0 Å². The predicted octanol–water partition coefficient (Wildman–Crippen LogP) is 3.72. The molecule has 0 aliphatic carbocycles. The molecule has 112 valence electrons. The Morgan fingerprint density at radius 1 is 1.32 bits per heavy atom. The number of hydrazone groups is 1. The van der Waals surface area contributed by atoms with Gasteiger partial charge in [0.25, 0.3) is 5.91 Å². The van der Waals surface area contributed by atoms with Crippen LogP contribution in [0.25, 0.3) is 6.08 Å². The molecule has 0 radical (unpaired) electrons. The van der Waals surface area contributed by atoms with Crippen LogP contribution in [0.2, 0.25) is 0 Å². The number of hydrogen-bond donors (Lipinski definition) is 1. The molecule has 0 fully saturated rings. The Morgan fingerprint density at radius 3 is 2.64 bits per heavy atom. The van der Waals surface area contributed by atoms with E-state index in [1.165, 1.54) is 16.8 Å². The number of nitrogens with zero attached hydrogens (tertiary/aromatic N) is 3. The Morgan fingerprint density at radius 2 is 2.00 bits per heavy atom. The fourth-order valence-corrected chi connectivity index (χ4v) is 3.12. The molecule has 1 aromatic carbocycles. The molecule has 7 heteroatoms. The van der Waals surface area contributed by atoms with Gasteiger partial charge in [-0.25, -0.2) is 0 Å². The van der Waals surface area contributed by atoms with Crippen molar-refractivity contribution in [3.63, 3.8) is 0 Å². The first-order chi connectivity index (χ1) is 10.5. The molecule has 0 atom stereocenters. The Hall–Kier alpha value is -1.73. The van der Waals surface area contributed by atoms with E-state index < -0.39 is 5.91 Å². The highest BCUT2D eigenvalue weighted by molar-refractivity contribution is 9.10. The van der Waals surface area contributed by atoms with E-state index in [9.17, 15) is 4.79 Å². The predicted molar refractivity (Wildman–Crippen MR) is 94.0 cm³/mol. The standard InChI is InChI=1S/C15H13BrN4OS/c1-8(2)14-19-20-12(17)11(13(21)18-15(20)22-14)7-9-3-5-10(16)6-4-9/h3-8,17H,1-2H3/b11-7-,17-12?. The highest BCUT2D eigenvalue weighted by Crippen LogP contribution is 2.30. The molecule has 0 saturated heterocycles. The Balaban J connectivity index is 1.97. The molecule has 0 spiro atoms. The van der Waals surface area contributed by atoms with Crippen LogP contribution in [0.5, 0.6) is 0 Å². The first-order valence-corrected chi connectivity index (χ1v) is 8.32. The van der Waals surface area contributed by atoms with Gasteiger partial charge >= 0.3 is 0 Å². The van der Waals surface area contributed by atoms with Crippen molar-refractivity contribution in [2.75, 3.05) is 0 Å². The third-order valence-corrected chi connectivity index (χ3v) is 4.88. The van der Waals surface area contributed by atoms with Gasteiger partial charge in [0, 0.05) is 10.4 Å². The number of carbonyl (C=O) groups is 1. The summed E-state index contributed by atoms with van der Waals surface area (Å²) in [6.07, 6.45) is 1.67. The van der Waals surface area contributed by atoms with Crippen LogP contribution in [0, 0.1) is 11.3 Å². The fraction of sp³-hybridized carbons (Fsp3) is 0.200. The number of halogens is 1. The third kappa shape index (κ3) is 2.78. The third-order valence-electron chi connectivity index (χ3n) is 3.15. The van der Waals surface area contributed by atoms with E-state index in [2.05, 4.69) is 26.0 Å². The molecule has 2 heterocycles. The summed E-state index contributed by atoms with van der Waals surface area (Å²) < 4.78 is 0.960. The summed E-state index contributed by atoms with van der Waals surface area (Å²) >= 11 is 4.72. The summed E-state index contributed by atoms with van der Waals surface area (Å²) in [7, 11) is 0. The molecule has 2 aliphatic rings. The van der Waals surface area contributed by atoms with Gasteiger partial charge in [0.1, 0.15) is 5.04 Å². The molecule has 2 aliphatic heterocycles. The molecule has 0 bridgehead atoms. The Labute approximate surface area is 140 Å². The van der Waals surface area contributed by atoms with Gasteiger partial charge in [-0.15, -0.1) is 0 Å². The van der Waals surface area contributed by atoms with Crippen molar-refractivity contribution < 1.29 is 4.79 Å². The van der Waals surface area contributed by atoms with Crippen molar-refractivity contribution in [2.24, 2.45) is 16.0 Å². The smallest absolute Gasteiger partial charge is 0.282 e. The number of carbonyl (C=O) groups excluding carboxylic acids is 1. The average molecular weight is 377 g/mol. The lowest BCUT2D eigenvalue weighted by Crippen LogP contribution is -2.35. The van der Waals surface area contributed by atoms with Gasteiger partial charge in [0.15, 0.2) is 5.84 Å². The summed E-state index contributed by atoms with van der Waals surface area (Å²) in [5.41, 5.74) is 1.09. The lowest BCUT2D eigenvalue weighted by atomic mass is 10.1. The lowest BCUT2D eigenvalue weighted by Gasteiger charge is -2.20. The van der Waals surface area contributed by atoms with E-state index in [1.54, 1.807) is 6.08 Å². The molecule has 1 N–H and O–H groups in total. The zero-order valence-electron chi connectivity index (χ0n) is 12.0. The fourth-order valence-electron chi connectivity index (χ4n) is 1.97. The van der Waals surface area contributed by atoms with Gasteiger partial charge < -0.3 is 0 Å². The summed E-state index contributed by atoms with van der Waals surface area (Å²) in [4.78, 5) is 16.3. The van der Waals surface area contributed by atoms with Crippen LogP contribution < -0.4 is 0 Å². The van der Waals surface area contributed by atoms with Gasteiger partial charge in [0.2, 0.25) is 5.17 Å². The number of amides is 1. The molecular weight excluding hydrogens is 364 g/mol. The van der Waals surface area contributed by atoms with Crippen molar-refractivity contribution in [3.05, 3.63) is 39.9 Å². The largest absolute Gasteiger partial charge is 0.283 e. The van der Waals surface area contributed by atoms with Gasteiger partial charge in [-0.3, -0.25) is 10.2 Å². The van der Waals surface area contributed by atoms with Crippen molar-refractivity contribution in [1.82, 2.24) is 5.01 Å². The first kappa shape index (κ1) is 15.2. The average Bonchev–Trinajstić information content (AvgIpc) is 2.90. The van der Waals surface area contributed by atoms with E-state index in [0.29, 0.717) is 5.17 Å². The van der Waals surface area contributed by atoms with Crippen LogP contribution in [0.3, 0.4) is 0 Å². The quantitative estimate of drug-likeness (QED) is 0.799. The molecule has 22 heavy (non-hydrogen) atoms. The molecule has 0 unspecified atom stereocenters.